The van der Waals surface area contributed by atoms with Gasteiger partial charge in [-0.05, 0) is 37.1 Å². The molecule has 1 aliphatic rings. The van der Waals surface area contributed by atoms with E-state index in [2.05, 4.69) is 11.4 Å². The van der Waals surface area contributed by atoms with Crippen LogP contribution < -0.4 is 5.32 Å². The zero-order chi connectivity index (χ0) is 8.39. The summed E-state index contributed by atoms with van der Waals surface area (Å²) in [6, 6.07) is 9.33. The van der Waals surface area contributed by atoms with Crippen LogP contribution in [0.3, 0.4) is 0 Å². The first-order chi connectivity index (χ1) is 5.86. The molecule has 0 saturated carbocycles. The first-order valence-electron chi connectivity index (χ1n) is 4.22. The summed E-state index contributed by atoms with van der Waals surface area (Å²) < 4.78 is 0. The monoisotopic (exact) mass is 180 g/mol. The Bertz CT molecular complexity index is 266. The molecule has 1 saturated heterocycles. The molecule has 12 heavy (non-hydrogen) atoms. The first-order valence-corrected chi connectivity index (χ1v) is 4.60. The Kier molecular flexibility index (Phi) is 2.33. The van der Waals surface area contributed by atoms with Gasteiger partial charge >= 0.3 is 0 Å². The quantitative estimate of drug-likeness (QED) is 0.701. The fourth-order valence-corrected chi connectivity index (χ4v) is 1.71. The van der Waals surface area contributed by atoms with E-state index in [4.69, 9.17) is 11.6 Å². The molecule has 0 bridgehead atoms. The minimum atomic E-state index is 0.814. The van der Waals surface area contributed by atoms with Gasteiger partial charge in [-0.25, -0.2) is 0 Å². The largest absolute Gasteiger partial charge is 0.306 e. The number of benzene rings is 1. The number of halogens is 1. The molecule has 1 fully saturated rings. The highest BCUT2D eigenvalue weighted by molar-refractivity contribution is 6.30. The van der Waals surface area contributed by atoms with Crippen LogP contribution >= 0.6 is 11.6 Å². The van der Waals surface area contributed by atoms with E-state index in [1.54, 1.807) is 0 Å². The average molecular weight is 181 g/mol. The number of hydrogen-bond donors (Lipinski definition) is 1. The van der Waals surface area contributed by atoms with Crippen molar-refractivity contribution >= 4 is 11.6 Å². The van der Waals surface area contributed by atoms with E-state index in [1.807, 2.05) is 18.2 Å². The van der Waals surface area contributed by atoms with Crippen molar-refractivity contribution in [1.82, 2.24) is 5.32 Å². The molecule has 1 N–H and O–H groups in total. The molecule has 1 nitrogen and oxygen atoms in total. The van der Waals surface area contributed by atoms with Crippen molar-refractivity contribution in [2.75, 3.05) is 6.54 Å². The highest BCUT2D eigenvalue weighted by Crippen LogP contribution is 2.23. The van der Waals surface area contributed by atoms with Crippen molar-refractivity contribution in [3.8, 4) is 0 Å². The molecule has 0 spiro atoms. The van der Waals surface area contributed by atoms with Gasteiger partial charge in [0, 0.05) is 5.02 Å². The SMILES string of the molecule is Clc1cccc([C]2CCCN2)c1. The lowest BCUT2D eigenvalue weighted by Crippen LogP contribution is -2.13. The van der Waals surface area contributed by atoms with Crippen LogP contribution in [0.25, 0.3) is 0 Å². The molecule has 0 aliphatic carbocycles. The van der Waals surface area contributed by atoms with Crippen LogP contribution in [-0.2, 0) is 0 Å². The summed E-state index contributed by atoms with van der Waals surface area (Å²) >= 11 is 5.88. The predicted octanol–water partition coefficient (Wildman–Crippen LogP) is 2.60. The average Bonchev–Trinajstić information content (AvgIpc) is 2.56. The smallest absolute Gasteiger partial charge is 0.0662 e. The molecule has 2 rings (SSSR count). The molecule has 2 heteroatoms. The molecular formula is C10H11ClN. The lowest BCUT2D eigenvalue weighted by Gasteiger charge is -2.08. The second-order valence-electron chi connectivity index (χ2n) is 3.02. The third kappa shape index (κ3) is 1.62. The molecule has 1 radical (unpaired) electrons. The molecule has 1 aliphatic heterocycles. The lowest BCUT2D eigenvalue weighted by molar-refractivity contribution is 0.857. The summed E-state index contributed by atoms with van der Waals surface area (Å²) in [5.41, 5.74) is 1.24. The Morgan fingerprint density at radius 2 is 2.25 bits per heavy atom. The first kappa shape index (κ1) is 8.09. The van der Waals surface area contributed by atoms with Gasteiger partial charge in [-0.15, -0.1) is 0 Å². The van der Waals surface area contributed by atoms with Gasteiger partial charge < -0.3 is 5.32 Å². The molecule has 0 amide bonds. The molecule has 0 unspecified atom stereocenters. The Labute approximate surface area is 77.7 Å². The van der Waals surface area contributed by atoms with E-state index in [1.165, 1.54) is 18.0 Å². The van der Waals surface area contributed by atoms with Crippen molar-refractivity contribution < 1.29 is 0 Å². The molecule has 63 valence electrons. The number of nitrogens with one attached hydrogen (secondary N) is 1. The van der Waals surface area contributed by atoms with E-state index < -0.39 is 0 Å². The lowest BCUT2D eigenvalue weighted by atomic mass is 10.1. The molecule has 0 aromatic heterocycles. The Morgan fingerprint density at radius 3 is 2.92 bits per heavy atom. The molecular weight excluding hydrogens is 170 g/mol. The maximum absolute atomic E-state index is 5.88. The van der Waals surface area contributed by atoms with Crippen LogP contribution in [0.5, 0.6) is 0 Å². The van der Waals surface area contributed by atoms with E-state index in [9.17, 15) is 0 Å². The van der Waals surface area contributed by atoms with Gasteiger partial charge in [-0.3, -0.25) is 0 Å². The second-order valence-corrected chi connectivity index (χ2v) is 3.46. The van der Waals surface area contributed by atoms with Gasteiger partial charge in [0.05, 0.1) is 6.04 Å². The Morgan fingerprint density at radius 1 is 1.33 bits per heavy atom. The number of hydrogen-bond acceptors (Lipinski definition) is 1. The highest BCUT2D eigenvalue weighted by atomic mass is 35.5. The normalized spacial score (nSPS) is 18.4. The topological polar surface area (TPSA) is 12.0 Å². The summed E-state index contributed by atoms with van der Waals surface area (Å²) in [7, 11) is 0. The Balaban J connectivity index is 2.21. The van der Waals surface area contributed by atoms with E-state index in [0.29, 0.717) is 0 Å². The van der Waals surface area contributed by atoms with Gasteiger partial charge in [0.2, 0.25) is 0 Å². The second kappa shape index (κ2) is 3.46. The third-order valence-corrected chi connectivity index (χ3v) is 2.35. The molecule has 1 heterocycles. The van der Waals surface area contributed by atoms with Crippen LogP contribution in [0.2, 0.25) is 5.02 Å². The van der Waals surface area contributed by atoms with Crippen molar-refractivity contribution in [2.45, 2.75) is 12.8 Å². The van der Waals surface area contributed by atoms with Gasteiger partial charge in [0.15, 0.2) is 0 Å². The van der Waals surface area contributed by atoms with Crippen LogP contribution in [0, 0.1) is 6.04 Å². The zero-order valence-corrected chi connectivity index (χ0v) is 7.56. The zero-order valence-electron chi connectivity index (χ0n) is 6.81. The number of rotatable bonds is 1. The van der Waals surface area contributed by atoms with E-state index >= 15 is 0 Å². The summed E-state index contributed by atoms with van der Waals surface area (Å²) in [4.78, 5) is 0. The van der Waals surface area contributed by atoms with Gasteiger partial charge in [0.1, 0.15) is 0 Å². The predicted molar refractivity (Wildman–Crippen MR) is 51.0 cm³/mol. The summed E-state index contributed by atoms with van der Waals surface area (Å²) in [6.45, 7) is 1.10. The Hall–Kier alpha value is -0.530. The molecule has 1 aromatic rings. The van der Waals surface area contributed by atoms with Crippen LogP contribution in [-0.4, -0.2) is 6.54 Å². The maximum atomic E-state index is 5.88. The maximum Gasteiger partial charge on any atom is 0.0662 e. The van der Waals surface area contributed by atoms with Crippen molar-refractivity contribution in [2.24, 2.45) is 0 Å². The van der Waals surface area contributed by atoms with Gasteiger partial charge in [-0.2, -0.15) is 0 Å². The van der Waals surface area contributed by atoms with Crippen molar-refractivity contribution in [3.63, 3.8) is 0 Å². The summed E-state index contributed by atoms with van der Waals surface area (Å²) in [5.74, 6) is 0. The fourth-order valence-electron chi connectivity index (χ4n) is 1.52. The fraction of sp³-hybridized carbons (Fsp3) is 0.300. The van der Waals surface area contributed by atoms with Crippen LogP contribution in [0.4, 0.5) is 0 Å². The van der Waals surface area contributed by atoms with Gasteiger partial charge in [0.25, 0.3) is 0 Å². The van der Waals surface area contributed by atoms with Crippen LogP contribution in [0.15, 0.2) is 24.3 Å². The van der Waals surface area contributed by atoms with Crippen molar-refractivity contribution in [1.29, 1.82) is 0 Å². The van der Waals surface area contributed by atoms with Gasteiger partial charge in [-0.1, -0.05) is 23.7 Å². The van der Waals surface area contributed by atoms with Crippen LogP contribution in [0.1, 0.15) is 18.4 Å². The summed E-state index contributed by atoms with van der Waals surface area (Å²) in [6.07, 6.45) is 2.39. The molecule has 0 atom stereocenters. The minimum Gasteiger partial charge on any atom is -0.306 e. The summed E-state index contributed by atoms with van der Waals surface area (Å²) in [5, 5.41) is 4.17. The molecule has 1 aromatic carbocycles. The third-order valence-electron chi connectivity index (χ3n) is 2.12. The van der Waals surface area contributed by atoms with Crippen molar-refractivity contribution in [3.05, 3.63) is 40.9 Å². The standard InChI is InChI=1S/C10H11ClN/c11-9-4-1-3-8(7-9)10-5-2-6-12-10/h1,3-4,7,12H,2,5-6H2. The minimum absolute atomic E-state index is 0.814. The highest BCUT2D eigenvalue weighted by Gasteiger charge is 2.16. The van der Waals surface area contributed by atoms with E-state index in [0.717, 1.165) is 18.0 Å². The van der Waals surface area contributed by atoms with E-state index in [-0.39, 0.29) is 0 Å².